The molecular weight excluding hydrogens is 363 g/mol. The van der Waals surface area contributed by atoms with Gasteiger partial charge in [0.2, 0.25) is 0 Å². The Hall–Kier alpha value is -3.00. The van der Waals surface area contributed by atoms with Crippen LogP contribution in [0.15, 0.2) is 42.7 Å². The van der Waals surface area contributed by atoms with Crippen LogP contribution in [0.25, 0.3) is 0 Å². The molecular formula is C20H23FN4O3. The Balaban J connectivity index is 1.67. The zero-order chi connectivity index (χ0) is 20.1. The number of hydrogen-bond donors (Lipinski definition) is 3. The fourth-order valence-electron chi connectivity index (χ4n) is 3.33. The molecule has 0 aliphatic carbocycles. The lowest BCUT2D eigenvalue weighted by Gasteiger charge is -2.39. The summed E-state index contributed by atoms with van der Waals surface area (Å²) < 4.78 is 19.9. The summed E-state index contributed by atoms with van der Waals surface area (Å²) in [7, 11) is 0. The van der Waals surface area contributed by atoms with Crippen LogP contribution in [0.1, 0.15) is 30.4 Å². The Morgan fingerprint density at radius 1 is 1.32 bits per heavy atom. The van der Waals surface area contributed by atoms with Gasteiger partial charge in [-0.05, 0) is 25.0 Å². The van der Waals surface area contributed by atoms with Crippen molar-refractivity contribution in [3.63, 3.8) is 0 Å². The van der Waals surface area contributed by atoms with Crippen molar-refractivity contribution < 1.29 is 19.0 Å². The topological polar surface area (TPSA) is 113 Å². The Labute approximate surface area is 162 Å². The van der Waals surface area contributed by atoms with Crippen molar-refractivity contribution >= 4 is 17.5 Å². The third-order valence-electron chi connectivity index (χ3n) is 4.91. The van der Waals surface area contributed by atoms with Crippen LogP contribution >= 0.6 is 0 Å². The first kappa shape index (κ1) is 19.8. The lowest BCUT2D eigenvalue weighted by molar-refractivity contribution is -0.143. The number of rotatable bonds is 6. The number of aromatic nitrogens is 1. The molecule has 0 saturated carbocycles. The van der Waals surface area contributed by atoms with Crippen LogP contribution < -0.4 is 10.6 Å². The van der Waals surface area contributed by atoms with E-state index in [4.69, 9.17) is 15.9 Å². The molecule has 0 radical (unpaired) electrons. The van der Waals surface area contributed by atoms with Gasteiger partial charge in [0.15, 0.2) is 5.82 Å². The Morgan fingerprint density at radius 3 is 2.71 bits per heavy atom. The number of piperidine rings is 1. The number of esters is 1. The van der Waals surface area contributed by atoms with Gasteiger partial charge in [-0.1, -0.05) is 18.2 Å². The molecule has 0 atom stereocenters. The molecule has 28 heavy (non-hydrogen) atoms. The van der Waals surface area contributed by atoms with E-state index in [-0.39, 0.29) is 24.4 Å². The molecule has 0 unspecified atom stereocenters. The van der Waals surface area contributed by atoms with Crippen molar-refractivity contribution in [1.82, 2.24) is 4.98 Å². The number of carbonyl (C=O) groups excluding carboxylic acids is 1. The molecule has 0 bridgehead atoms. The van der Waals surface area contributed by atoms with Gasteiger partial charge in [-0.25, -0.2) is 4.39 Å². The predicted octanol–water partition coefficient (Wildman–Crippen LogP) is 2.08. The number of halogens is 1. The second kappa shape index (κ2) is 8.35. The third-order valence-corrected chi connectivity index (χ3v) is 4.91. The number of hydrogen-bond acceptors (Lipinski definition) is 6. The molecule has 2 aromatic rings. The molecule has 1 aromatic carbocycles. The minimum Gasteiger partial charge on any atom is -0.460 e. The first-order chi connectivity index (χ1) is 13.4. The molecule has 0 spiro atoms. The predicted molar refractivity (Wildman–Crippen MR) is 102 cm³/mol. The van der Waals surface area contributed by atoms with Crippen LogP contribution in [0.3, 0.4) is 0 Å². The number of pyridine rings is 1. The van der Waals surface area contributed by atoms with Gasteiger partial charge in [0.1, 0.15) is 18.9 Å². The molecule has 1 aliphatic rings. The number of nitrogens with two attached hydrogens (primary N) is 1. The van der Waals surface area contributed by atoms with Gasteiger partial charge in [-0.3, -0.25) is 15.2 Å². The number of anilines is 1. The third kappa shape index (κ3) is 4.45. The second-order valence-corrected chi connectivity index (χ2v) is 6.87. The number of benzene rings is 1. The van der Waals surface area contributed by atoms with E-state index < -0.39 is 17.4 Å². The highest BCUT2D eigenvalue weighted by molar-refractivity contribution is 5.94. The van der Waals surface area contributed by atoms with E-state index in [1.165, 1.54) is 0 Å². The van der Waals surface area contributed by atoms with Crippen LogP contribution in [0.2, 0.25) is 0 Å². The summed E-state index contributed by atoms with van der Waals surface area (Å²) in [5.74, 6) is -1.42. The summed E-state index contributed by atoms with van der Waals surface area (Å²) >= 11 is 0. The maximum absolute atomic E-state index is 14.9. The van der Waals surface area contributed by atoms with Crippen molar-refractivity contribution in [1.29, 1.82) is 5.41 Å². The van der Waals surface area contributed by atoms with Gasteiger partial charge in [0.05, 0.1) is 11.3 Å². The molecule has 3 rings (SSSR count). The van der Waals surface area contributed by atoms with Gasteiger partial charge in [0.25, 0.3) is 0 Å². The van der Waals surface area contributed by atoms with E-state index >= 15 is 0 Å². The van der Waals surface area contributed by atoms with E-state index in [0.717, 1.165) is 5.56 Å². The van der Waals surface area contributed by atoms with Gasteiger partial charge in [-0.15, -0.1) is 0 Å². The molecule has 1 saturated heterocycles. The number of nitrogens with zero attached hydrogens (tertiary/aromatic N) is 2. The van der Waals surface area contributed by atoms with Crippen LogP contribution in [-0.4, -0.2) is 35.0 Å². The zero-order valence-corrected chi connectivity index (χ0v) is 15.4. The molecule has 7 nitrogen and oxygen atoms in total. The smallest absolute Gasteiger partial charge is 0.313 e. The molecule has 1 aliphatic heterocycles. The number of carbonyl (C=O) groups is 1. The minimum atomic E-state index is -0.971. The number of nitrogens with one attached hydrogen (secondary N) is 1. The summed E-state index contributed by atoms with van der Waals surface area (Å²) in [6.45, 7) is 0.741. The first-order valence-electron chi connectivity index (χ1n) is 9.03. The summed E-state index contributed by atoms with van der Waals surface area (Å²) in [6.07, 6.45) is 3.91. The summed E-state index contributed by atoms with van der Waals surface area (Å²) in [5.41, 5.74) is 5.61. The Morgan fingerprint density at radius 2 is 2.07 bits per heavy atom. The van der Waals surface area contributed by atoms with Crippen LogP contribution in [0.4, 0.5) is 10.1 Å². The highest BCUT2D eigenvalue weighted by Gasteiger charge is 2.35. The van der Waals surface area contributed by atoms with Crippen LogP contribution in [-0.2, 0) is 21.7 Å². The molecule has 2 heterocycles. The van der Waals surface area contributed by atoms with Gasteiger partial charge in [0, 0.05) is 36.6 Å². The average Bonchev–Trinajstić information content (AvgIpc) is 2.68. The van der Waals surface area contributed by atoms with Crippen LogP contribution in [0.5, 0.6) is 0 Å². The van der Waals surface area contributed by atoms with E-state index in [0.29, 0.717) is 31.6 Å². The average molecular weight is 386 g/mol. The molecule has 148 valence electrons. The fraction of sp³-hybridized carbons (Fsp3) is 0.350. The normalized spacial score (nSPS) is 15.9. The van der Waals surface area contributed by atoms with E-state index in [9.17, 15) is 14.3 Å². The van der Waals surface area contributed by atoms with Gasteiger partial charge >= 0.3 is 5.97 Å². The monoisotopic (exact) mass is 386 g/mol. The molecule has 0 amide bonds. The van der Waals surface area contributed by atoms with E-state index in [1.807, 2.05) is 11.0 Å². The SMILES string of the molecule is N=C(N)CC(=O)OCc1cccc(N2CCC(O)(c3cccnc3)CC2)c1F. The van der Waals surface area contributed by atoms with E-state index in [1.54, 1.807) is 36.7 Å². The quantitative estimate of drug-likeness (QED) is 0.398. The summed E-state index contributed by atoms with van der Waals surface area (Å²) in [4.78, 5) is 17.5. The minimum absolute atomic E-state index is 0.223. The lowest BCUT2D eigenvalue weighted by Crippen LogP contribution is -2.43. The molecule has 4 N–H and O–H groups in total. The Kier molecular flexibility index (Phi) is 5.89. The standard InChI is InChI=1S/C20H23FN4O3/c21-19-14(13-28-18(26)11-17(22)23)3-1-5-16(19)25-9-6-20(27,7-10-25)15-4-2-8-24-12-15/h1-5,8,12,27H,6-7,9-11,13H2,(H3,22,23). The van der Waals surface area contributed by atoms with Gasteiger partial charge in [-0.2, -0.15) is 0 Å². The maximum Gasteiger partial charge on any atom is 0.313 e. The lowest BCUT2D eigenvalue weighted by atomic mass is 9.85. The highest BCUT2D eigenvalue weighted by Crippen LogP contribution is 2.35. The van der Waals surface area contributed by atoms with Gasteiger partial charge < -0.3 is 20.5 Å². The van der Waals surface area contributed by atoms with Crippen molar-refractivity contribution in [3.05, 3.63) is 59.7 Å². The maximum atomic E-state index is 14.9. The van der Waals surface area contributed by atoms with Crippen molar-refractivity contribution in [2.45, 2.75) is 31.5 Å². The fourth-order valence-corrected chi connectivity index (χ4v) is 3.33. The van der Waals surface area contributed by atoms with Crippen molar-refractivity contribution in [3.8, 4) is 0 Å². The van der Waals surface area contributed by atoms with Crippen molar-refractivity contribution in [2.24, 2.45) is 5.73 Å². The summed E-state index contributed by atoms with van der Waals surface area (Å²) in [6, 6.07) is 8.56. The summed E-state index contributed by atoms with van der Waals surface area (Å²) in [5, 5.41) is 18.0. The number of amidine groups is 1. The van der Waals surface area contributed by atoms with E-state index in [2.05, 4.69) is 4.98 Å². The largest absolute Gasteiger partial charge is 0.460 e. The van der Waals surface area contributed by atoms with Crippen LogP contribution in [0, 0.1) is 11.2 Å². The van der Waals surface area contributed by atoms with Crippen molar-refractivity contribution in [2.75, 3.05) is 18.0 Å². The Bertz CT molecular complexity index is 852. The molecule has 1 aromatic heterocycles. The highest BCUT2D eigenvalue weighted by atomic mass is 19.1. The first-order valence-corrected chi connectivity index (χ1v) is 9.03. The molecule has 8 heteroatoms. The number of aliphatic hydroxyl groups is 1. The second-order valence-electron chi connectivity index (χ2n) is 6.87. The molecule has 1 fully saturated rings. The zero-order valence-electron chi connectivity index (χ0n) is 15.4. The number of ether oxygens (including phenoxy) is 1.